The average Bonchev–Trinajstić information content (AvgIpc) is 2.79. The zero-order valence-electron chi connectivity index (χ0n) is 26.0. The molecule has 0 atom stereocenters. The highest BCUT2D eigenvalue weighted by Crippen LogP contribution is 2.16. The Labute approximate surface area is 212 Å². The molecule has 0 amide bonds. The van der Waals surface area contributed by atoms with Crippen molar-refractivity contribution >= 4 is 10.1 Å². The molecule has 3 nitrogen and oxygen atoms in total. The van der Waals surface area contributed by atoms with Crippen molar-refractivity contribution in [3.8, 4) is 0 Å². The Balaban J connectivity index is -0.0000000568. The highest BCUT2D eigenvalue weighted by atomic mass is 32.2. The van der Waals surface area contributed by atoms with Gasteiger partial charge in [0.05, 0.1) is 4.90 Å². The molecule has 0 aliphatic carbocycles. The molecule has 0 aromatic heterocycles. The van der Waals surface area contributed by atoms with Crippen LogP contribution in [0, 0.1) is 12.8 Å². The van der Waals surface area contributed by atoms with Crippen LogP contribution in [0.15, 0.2) is 34.7 Å². The van der Waals surface area contributed by atoms with Gasteiger partial charge in [0.1, 0.15) is 0 Å². The van der Waals surface area contributed by atoms with Crippen LogP contribution in [0.4, 0.5) is 0 Å². The lowest BCUT2D eigenvalue weighted by atomic mass is 10.1. The number of hydrogen-bond donors (Lipinski definition) is 1. The monoisotopic (exact) mass is 492 g/mol. The third-order valence-corrected chi connectivity index (χ3v) is 3.52. The summed E-state index contributed by atoms with van der Waals surface area (Å²) in [6.07, 6.45) is 4.19. The fourth-order valence-corrected chi connectivity index (χ4v) is 1.93. The molecule has 0 fully saturated rings. The Morgan fingerprint density at radius 3 is 1.30 bits per heavy atom. The van der Waals surface area contributed by atoms with E-state index in [1.54, 1.807) is 19.1 Å². The normalized spacial score (nSPS) is 8.00. The molecule has 4 heteroatoms. The fraction of sp³-hybridized carbons (Fsp3) is 0.724. The molecule has 1 aromatic carbocycles. The molecule has 0 unspecified atom stereocenters. The highest BCUT2D eigenvalue weighted by molar-refractivity contribution is 7.85. The van der Waals surface area contributed by atoms with Gasteiger partial charge >= 0.3 is 0 Å². The molecule has 1 aromatic rings. The molecule has 0 radical (unpaired) electrons. The van der Waals surface area contributed by atoms with E-state index in [4.69, 9.17) is 4.55 Å². The summed E-state index contributed by atoms with van der Waals surface area (Å²) in [6.45, 7) is 36.6. The van der Waals surface area contributed by atoms with Gasteiger partial charge in [-0.25, -0.2) is 0 Å². The predicted molar refractivity (Wildman–Crippen MR) is 157 cm³/mol. The van der Waals surface area contributed by atoms with Gasteiger partial charge in [0, 0.05) is 0 Å². The standard InChI is InChI=1S/C9H12O3S.C5H10.C4H10.C3H8.4C2H6/c1-3-8-4-5-9(7(2)6-8)13(10,11)12;1-4-5(2)3;1-4(2)3;1-3-2;4*1-2/h4-6H,3H2,1-2H3,(H,10,11,12);4H,1-3H3;4H,1-3H3;3H2,1-2H3;4*1-2H3. The van der Waals surface area contributed by atoms with Crippen LogP contribution in [0.25, 0.3) is 0 Å². The lowest BCUT2D eigenvalue weighted by Crippen LogP contribution is -2.01. The first kappa shape index (κ1) is 49.1. The van der Waals surface area contributed by atoms with Crippen LogP contribution >= 0.6 is 0 Å². The van der Waals surface area contributed by atoms with Crippen molar-refractivity contribution in [3.63, 3.8) is 0 Å². The highest BCUT2D eigenvalue weighted by Gasteiger charge is 2.12. The molecule has 0 aliphatic rings. The van der Waals surface area contributed by atoms with Gasteiger partial charge in [0.2, 0.25) is 0 Å². The first-order valence-corrected chi connectivity index (χ1v) is 14.5. The topological polar surface area (TPSA) is 54.4 Å². The van der Waals surface area contributed by atoms with Crippen LogP contribution in [-0.4, -0.2) is 13.0 Å². The number of rotatable bonds is 2. The SMILES string of the molecule is CC.CC.CC.CC.CC(C)C.CC=C(C)C.CCC.CCc1ccc(S(=O)(=O)O)c(C)c1. The summed E-state index contributed by atoms with van der Waals surface area (Å²) in [5.41, 5.74) is 3.02. The van der Waals surface area contributed by atoms with Gasteiger partial charge < -0.3 is 0 Å². The van der Waals surface area contributed by atoms with E-state index in [-0.39, 0.29) is 4.90 Å². The van der Waals surface area contributed by atoms with Crippen molar-refractivity contribution in [2.45, 2.75) is 142 Å². The summed E-state index contributed by atoms with van der Waals surface area (Å²) in [4.78, 5) is -0.00954. The maximum atomic E-state index is 10.8. The van der Waals surface area contributed by atoms with Crippen LogP contribution in [0.1, 0.15) is 135 Å². The number of allylic oxidation sites excluding steroid dienone is 2. The molecule has 0 aliphatic heterocycles. The van der Waals surface area contributed by atoms with Crippen LogP contribution in [0.2, 0.25) is 0 Å². The van der Waals surface area contributed by atoms with E-state index < -0.39 is 10.1 Å². The first-order valence-electron chi connectivity index (χ1n) is 13.0. The van der Waals surface area contributed by atoms with Gasteiger partial charge in [-0.15, -0.1) is 0 Å². The molecule has 1 N–H and O–H groups in total. The van der Waals surface area contributed by atoms with Crippen molar-refractivity contribution < 1.29 is 13.0 Å². The van der Waals surface area contributed by atoms with Gasteiger partial charge in [0.15, 0.2) is 0 Å². The zero-order chi connectivity index (χ0) is 28.6. The number of aryl methyl sites for hydroxylation is 2. The largest absolute Gasteiger partial charge is 0.294 e. The lowest BCUT2D eigenvalue weighted by molar-refractivity contribution is 0.482. The molecular weight excluding hydrogens is 428 g/mol. The minimum atomic E-state index is -4.06. The molecule has 0 heterocycles. The number of benzene rings is 1. The number of hydrogen-bond acceptors (Lipinski definition) is 2. The van der Waals surface area contributed by atoms with Crippen molar-refractivity contribution in [2.75, 3.05) is 0 Å². The second kappa shape index (κ2) is 41.2. The predicted octanol–water partition coefficient (Wildman–Crippen LogP) is 11.0. The minimum absolute atomic E-state index is 0.00954. The third-order valence-electron chi connectivity index (χ3n) is 2.50. The van der Waals surface area contributed by atoms with Crippen molar-refractivity contribution in [2.24, 2.45) is 5.92 Å². The Morgan fingerprint density at radius 1 is 0.879 bits per heavy atom. The molecule has 1 rings (SSSR count). The summed E-state index contributed by atoms with van der Waals surface area (Å²) in [5, 5.41) is 0. The van der Waals surface area contributed by atoms with Crippen molar-refractivity contribution in [1.82, 2.24) is 0 Å². The van der Waals surface area contributed by atoms with Crippen LogP contribution in [-0.2, 0) is 16.5 Å². The second-order valence-corrected chi connectivity index (χ2v) is 8.12. The average molecular weight is 493 g/mol. The molecule has 204 valence electrons. The van der Waals surface area contributed by atoms with Crippen LogP contribution in [0.5, 0.6) is 0 Å². The third kappa shape index (κ3) is 53.8. The van der Waals surface area contributed by atoms with Crippen molar-refractivity contribution in [3.05, 3.63) is 41.0 Å². The zero-order valence-corrected chi connectivity index (χ0v) is 26.8. The Kier molecular flexibility index (Phi) is 61.2. The Hall–Kier alpha value is -1.13. The van der Waals surface area contributed by atoms with E-state index in [1.807, 2.05) is 69.2 Å². The maximum Gasteiger partial charge on any atom is 0.294 e. The second-order valence-electron chi connectivity index (χ2n) is 6.73. The van der Waals surface area contributed by atoms with Gasteiger partial charge in [-0.3, -0.25) is 4.55 Å². The molecule has 0 saturated heterocycles. The minimum Gasteiger partial charge on any atom is -0.282 e. The molecular formula is C29H64O3S. The van der Waals surface area contributed by atoms with E-state index in [2.05, 4.69) is 54.5 Å². The summed E-state index contributed by atoms with van der Waals surface area (Å²) >= 11 is 0. The van der Waals surface area contributed by atoms with Gasteiger partial charge in [0.25, 0.3) is 10.1 Å². The van der Waals surface area contributed by atoms with Crippen LogP contribution in [0.3, 0.4) is 0 Å². The Bertz CT molecular complexity index is 566. The van der Waals surface area contributed by atoms with E-state index in [0.717, 1.165) is 17.9 Å². The van der Waals surface area contributed by atoms with Gasteiger partial charge in [-0.05, 0) is 57.2 Å². The molecule has 0 bridgehead atoms. The van der Waals surface area contributed by atoms with Gasteiger partial charge in [-0.1, -0.05) is 127 Å². The maximum absolute atomic E-state index is 10.8. The summed E-state index contributed by atoms with van der Waals surface area (Å²) in [7, 11) is -4.06. The van der Waals surface area contributed by atoms with Crippen LogP contribution < -0.4 is 0 Å². The summed E-state index contributed by atoms with van der Waals surface area (Å²) < 4.78 is 30.4. The molecule has 0 spiro atoms. The van der Waals surface area contributed by atoms with E-state index >= 15 is 0 Å². The molecule has 0 saturated carbocycles. The van der Waals surface area contributed by atoms with Crippen molar-refractivity contribution in [1.29, 1.82) is 0 Å². The van der Waals surface area contributed by atoms with E-state index in [1.165, 1.54) is 18.1 Å². The van der Waals surface area contributed by atoms with E-state index in [0.29, 0.717) is 5.56 Å². The Morgan fingerprint density at radius 2 is 1.15 bits per heavy atom. The van der Waals surface area contributed by atoms with Gasteiger partial charge in [-0.2, -0.15) is 8.42 Å². The fourth-order valence-electron chi connectivity index (χ4n) is 1.22. The molecule has 33 heavy (non-hydrogen) atoms. The van der Waals surface area contributed by atoms with E-state index in [9.17, 15) is 8.42 Å². The summed E-state index contributed by atoms with van der Waals surface area (Å²) in [6, 6.07) is 4.91. The quantitative estimate of drug-likeness (QED) is 0.330. The lowest BCUT2D eigenvalue weighted by Gasteiger charge is -2.03. The summed E-state index contributed by atoms with van der Waals surface area (Å²) in [5.74, 6) is 0.833. The first-order chi connectivity index (χ1) is 15.4. The smallest absolute Gasteiger partial charge is 0.282 e.